The summed E-state index contributed by atoms with van der Waals surface area (Å²) in [5.41, 5.74) is 1.15. The number of carbonyl (C=O) groups excluding carboxylic acids is 1. The molecule has 6 nitrogen and oxygen atoms in total. The summed E-state index contributed by atoms with van der Waals surface area (Å²) in [6, 6.07) is 20.1. The number of benzene rings is 2. The van der Waals surface area contributed by atoms with E-state index in [1.165, 1.54) is 11.3 Å². The number of carbonyl (C=O) groups is 1. The number of anilines is 1. The minimum Gasteiger partial charge on any atom is -0.485 e. The van der Waals surface area contributed by atoms with Crippen LogP contribution < -0.4 is 10.1 Å². The molecule has 4 aromatic rings. The van der Waals surface area contributed by atoms with Gasteiger partial charge in [-0.15, -0.1) is 11.3 Å². The summed E-state index contributed by atoms with van der Waals surface area (Å²) in [6.45, 7) is 0.102. The van der Waals surface area contributed by atoms with E-state index in [1.807, 2.05) is 53.9 Å². The SMILES string of the molecule is O=C(Nc1ccccc1)c1ccccc1OCc1noc(-c2cccs2)n1. The largest absolute Gasteiger partial charge is 0.485 e. The molecule has 0 aliphatic rings. The quantitative estimate of drug-likeness (QED) is 0.530. The predicted molar refractivity (Wildman–Crippen MR) is 103 cm³/mol. The Kier molecular flexibility index (Phi) is 4.93. The molecule has 2 heterocycles. The third-order valence-corrected chi connectivity index (χ3v) is 4.58. The van der Waals surface area contributed by atoms with Crippen LogP contribution in [0.3, 0.4) is 0 Å². The van der Waals surface area contributed by atoms with Gasteiger partial charge in [-0.2, -0.15) is 4.98 Å². The third kappa shape index (κ3) is 4.04. The van der Waals surface area contributed by atoms with Crippen molar-refractivity contribution in [3.8, 4) is 16.5 Å². The van der Waals surface area contributed by atoms with E-state index < -0.39 is 0 Å². The van der Waals surface area contributed by atoms with Crippen LogP contribution in [-0.2, 0) is 6.61 Å². The van der Waals surface area contributed by atoms with Crippen LogP contribution in [0.15, 0.2) is 76.6 Å². The molecule has 7 heteroatoms. The van der Waals surface area contributed by atoms with Gasteiger partial charge in [0.15, 0.2) is 6.61 Å². The van der Waals surface area contributed by atoms with Gasteiger partial charge < -0.3 is 14.6 Å². The molecule has 1 amide bonds. The van der Waals surface area contributed by atoms with Gasteiger partial charge in [-0.1, -0.05) is 41.6 Å². The van der Waals surface area contributed by atoms with Crippen LogP contribution >= 0.6 is 11.3 Å². The lowest BCUT2D eigenvalue weighted by atomic mass is 10.2. The van der Waals surface area contributed by atoms with Crippen LogP contribution in [0.4, 0.5) is 5.69 Å². The summed E-state index contributed by atoms with van der Waals surface area (Å²) in [7, 11) is 0. The lowest BCUT2D eigenvalue weighted by molar-refractivity contribution is 0.102. The monoisotopic (exact) mass is 377 g/mol. The van der Waals surface area contributed by atoms with Gasteiger partial charge >= 0.3 is 0 Å². The number of hydrogen-bond donors (Lipinski definition) is 1. The Morgan fingerprint density at radius 2 is 1.85 bits per heavy atom. The number of rotatable bonds is 6. The summed E-state index contributed by atoms with van der Waals surface area (Å²) in [5, 5.41) is 8.72. The maximum Gasteiger partial charge on any atom is 0.268 e. The second-order valence-corrected chi connectivity index (χ2v) is 6.55. The fraction of sp³-hybridized carbons (Fsp3) is 0.0500. The van der Waals surface area contributed by atoms with Crippen molar-refractivity contribution in [3.63, 3.8) is 0 Å². The first kappa shape index (κ1) is 17.0. The number of aromatic nitrogens is 2. The van der Waals surface area contributed by atoms with E-state index in [-0.39, 0.29) is 12.5 Å². The van der Waals surface area contributed by atoms with Gasteiger partial charge in [0.05, 0.1) is 10.4 Å². The predicted octanol–water partition coefficient (Wildman–Crippen LogP) is 4.63. The van der Waals surface area contributed by atoms with Crippen molar-refractivity contribution in [2.45, 2.75) is 6.61 Å². The standard InChI is InChI=1S/C20H15N3O3S/c24-19(21-14-7-2-1-3-8-14)15-9-4-5-10-16(15)25-13-18-22-20(26-23-18)17-11-6-12-27-17/h1-12H,13H2,(H,21,24). The Morgan fingerprint density at radius 1 is 1.04 bits per heavy atom. The van der Waals surface area contributed by atoms with Crippen LogP contribution in [0.25, 0.3) is 10.8 Å². The van der Waals surface area contributed by atoms with Crippen molar-refractivity contribution in [2.24, 2.45) is 0 Å². The van der Waals surface area contributed by atoms with E-state index in [2.05, 4.69) is 15.5 Å². The molecule has 0 atom stereocenters. The van der Waals surface area contributed by atoms with Crippen LogP contribution in [0.2, 0.25) is 0 Å². The topological polar surface area (TPSA) is 77.2 Å². The van der Waals surface area contributed by atoms with Crippen molar-refractivity contribution in [2.75, 3.05) is 5.32 Å². The molecule has 27 heavy (non-hydrogen) atoms. The lowest BCUT2D eigenvalue weighted by Crippen LogP contribution is -2.13. The zero-order chi connectivity index (χ0) is 18.5. The molecule has 0 aliphatic heterocycles. The summed E-state index contributed by atoms with van der Waals surface area (Å²) in [4.78, 5) is 17.8. The van der Waals surface area contributed by atoms with Crippen molar-refractivity contribution < 1.29 is 14.1 Å². The smallest absolute Gasteiger partial charge is 0.268 e. The Balaban J connectivity index is 1.46. The third-order valence-electron chi connectivity index (χ3n) is 3.72. The highest BCUT2D eigenvalue weighted by Gasteiger charge is 2.14. The summed E-state index contributed by atoms with van der Waals surface area (Å²) in [5.74, 6) is 1.08. The van der Waals surface area contributed by atoms with Crippen LogP contribution in [0.5, 0.6) is 5.75 Å². The number of para-hydroxylation sites is 2. The summed E-state index contributed by atoms with van der Waals surface area (Å²) < 4.78 is 11.0. The number of amides is 1. The zero-order valence-electron chi connectivity index (χ0n) is 14.2. The van der Waals surface area contributed by atoms with Crippen LogP contribution in [-0.4, -0.2) is 16.0 Å². The lowest BCUT2D eigenvalue weighted by Gasteiger charge is -2.10. The molecule has 0 saturated carbocycles. The molecule has 0 spiro atoms. The Morgan fingerprint density at radius 3 is 2.67 bits per heavy atom. The van der Waals surface area contributed by atoms with Gasteiger partial charge in [-0.3, -0.25) is 4.79 Å². The molecule has 2 aromatic carbocycles. The molecule has 0 unspecified atom stereocenters. The minimum absolute atomic E-state index is 0.102. The van der Waals surface area contributed by atoms with Crippen LogP contribution in [0, 0.1) is 0 Å². The highest BCUT2D eigenvalue weighted by atomic mass is 32.1. The first-order valence-electron chi connectivity index (χ1n) is 8.24. The van der Waals surface area contributed by atoms with Gasteiger partial charge in [0.2, 0.25) is 5.82 Å². The maximum atomic E-state index is 12.6. The first-order valence-corrected chi connectivity index (χ1v) is 9.12. The molecule has 4 rings (SSSR count). The van der Waals surface area contributed by atoms with Gasteiger partial charge in [0.25, 0.3) is 11.8 Å². The fourth-order valence-corrected chi connectivity index (χ4v) is 3.10. The van der Waals surface area contributed by atoms with Gasteiger partial charge in [-0.05, 0) is 35.7 Å². The number of ether oxygens (including phenoxy) is 1. The van der Waals surface area contributed by atoms with Gasteiger partial charge in [-0.25, -0.2) is 0 Å². The van der Waals surface area contributed by atoms with E-state index in [0.717, 1.165) is 10.6 Å². The number of hydrogen-bond acceptors (Lipinski definition) is 6. The van der Waals surface area contributed by atoms with Crippen molar-refractivity contribution in [1.29, 1.82) is 0 Å². The Labute approximate surface area is 159 Å². The van der Waals surface area contributed by atoms with Gasteiger partial charge in [0, 0.05) is 5.69 Å². The molecule has 1 N–H and O–H groups in total. The Bertz CT molecular complexity index is 1030. The molecule has 0 saturated heterocycles. The van der Waals surface area contributed by atoms with Crippen molar-refractivity contribution in [3.05, 3.63) is 83.5 Å². The molecule has 0 fully saturated rings. The van der Waals surface area contributed by atoms with Crippen LogP contribution in [0.1, 0.15) is 16.2 Å². The second-order valence-electron chi connectivity index (χ2n) is 5.60. The Hall–Kier alpha value is -3.45. The van der Waals surface area contributed by atoms with E-state index in [4.69, 9.17) is 9.26 Å². The molecule has 0 aliphatic carbocycles. The maximum absolute atomic E-state index is 12.6. The molecular formula is C20H15N3O3S. The average molecular weight is 377 g/mol. The average Bonchev–Trinajstić information content (AvgIpc) is 3.39. The number of nitrogens with one attached hydrogen (secondary N) is 1. The molecule has 134 valence electrons. The van der Waals surface area contributed by atoms with E-state index in [0.29, 0.717) is 23.0 Å². The zero-order valence-corrected chi connectivity index (χ0v) is 15.0. The highest BCUT2D eigenvalue weighted by molar-refractivity contribution is 7.13. The normalized spacial score (nSPS) is 10.5. The first-order chi connectivity index (χ1) is 13.3. The van der Waals surface area contributed by atoms with E-state index in [1.54, 1.807) is 18.2 Å². The molecule has 2 aromatic heterocycles. The molecular weight excluding hydrogens is 362 g/mol. The van der Waals surface area contributed by atoms with Crippen molar-refractivity contribution >= 4 is 22.9 Å². The second kappa shape index (κ2) is 7.84. The van der Waals surface area contributed by atoms with Gasteiger partial charge in [0.1, 0.15) is 5.75 Å². The number of nitrogens with zero attached hydrogens (tertiary/aromatic N) is 2. The molecule has 0 bridgehead atoms. The highest BCUT2D eigenvalue weighted by Crippen LogP contribution is 2.24. The fourth-order valence-electron chi connectivity index (χ4n) is 2.46. The van der Waals surface area contributed by atoms with E-state index in [9.17, 15) is 4.79 Å². The summed E-state index contributed by atoms with van der Waals surface area (Å²) >= 11 is 1.52. The summed E-state index contributed by atoms with van der Waals surface area (Å²) in [6.07, 6.45) is 0. The molecule has 0 radical (unpaired) electrons. The number of thiophene rings is 1. The minimum atomic E-state index is -0.246. The van der Waals surface area contributed by atoms with Crippen molar-refractivity contribution in [1.82, 2.24) is 10.1 Å². The van der Waals surface area contributed by atoms with E-state index >= 15 is 0 Å².